The summed E-state index contributed by atoms with van der Waals surface area (Å²) in [6, 6.07) is 16.8. The standard InChI is InChI=1S/C37H40N5O15P3/c1-21-8-11-28-31(15-21)55-32-17-25(38)10-13-29(32)33(28)27-12-9-23(16-22(27)2)35(44)40-14-6-4-3-5-7-24-19-42(37(45)41-34(24)39)36-30(43)18-26(54-36)20-53-59(49,50)57-60(51,52)56-58(46,47)48/h8-13,15-17,19,26,30,36,43H,1,3-4,6,14,18,20,38H2,2H3,(H,40,44)(H,49,50)(H,51,52)(H2,39,41,45)(H2,46,47,48)/t26-,30?,36+/m0/s1. The Bertz CT molecular complexity index is 2730. The maximum absolute atomic E-state index is 13.1. The fraction of sp³-hybridized carbons (Fsp3) is 0.270. The van der Waals surface area contributed by atoms with E-state index in [4.69, 9.17) is 30.7 Å². The number of aromatic nitrogens is 2. The van der Waals surface area contributed by atoms with Gasteiger partial charge in [-0.05, 0) is 66.4 Å². The fourth-order valence-corrected chi connectivity index (χ4v) is 9.50. The van der Waals surface area contributed by atoms with Crippen LogP contribution >= 0.6 is 23.5 Å². The number of aliphatic hydroxyl groups excluding tert-OH is 1. The maximum atomic E-state index is 13.1. The minimum absolute atomic E-state index is 0.136. The number of hydrogen-bond donors (Lipinski definition) is 8. The first-order valence-corrected chi connectivity index (χ1v) is 22.5. The first-order chi connectivity index (χ1) is 28.2. The average Bonchev–Trinajstić information content (AvgIpc) is 3.51. The predicted molar refractivity (Wildman–Crippen MR) is 215 cm³/mol. The lowest BCUT2D eigenvalue weighted by Crippen LogP contribution is -2.32. The smallest absolute Gasteiger partial charge is 0.456 e. The van der Waals surface area contributed by atoms with Crippen LogP contribution in [0.3, 0.4) is 0 Å². The molecule has 4 aromatic rings. The monoisotopic (exact) mass is 887 g/mol. The van der Waals surface area contributed by atoms with Crippen molar-refractivity contribution in [3.8, 4) is 23.3 Å². The number of nitrogens with one attached hydrogen (secondary N) is 1. The van der Waals surface area contributed by atoms with Gasteiger partial charge < -0.3 is 50.9 Å². The van der Waals surface area contributed by atoms with Gasteiger partial charge in [-0.15, -0.1) is 0 Å². The van der Waals surface area contributed by atoms with Crippen LogP contribution in [0.1, 0.15) is 64.5 Å². The average molecular weight is 888 g/mol. The fourth-order valence-electron chi connectivity index (χ4n) is 6.45. The van der Waals surface area contributed by atoms with Gasteiger partial charge in [0.25, 0.3) is 5.91 Å². The summed E-state index contributed by atoms with van der Waals surface area (Å²) < 4.78 is 59.0. The molecule has 3 unspecified atom stereocenters. The van der Waals surface area contributed by atoms with E-state index >= 15 is 0 Å². The molecule has 1 amide bonds. The SMILES string of the molecule is C=c1ccc2c(c1)Oc1cc(N)ccc1C=2c1ccc(C(=O)NCCCCC#Cc2cn([C@@H]3O[C@H](COP(=O)(O)OP(=O)(O)OP(=O)(O)O)CC3O)c(=O)nc2N)cc1C. The number of nitrogen functional groups attached to an aromatic ring is 2. The molecule has 10 N–H and O–H groups in total. The number of carbonyl (C=O) groups is 1. The minimum Gasteiger partial charge on any atom is -0.456 e. The normalized spacial score (nSPS) is 19.2. The first kappa shape index (κ1) is 44.6. The van der Waals surface area contributed by atoms with Gasteiger partial charge in [0, 0.05) is 59.3 Å². The second kappa shape index (κ2) is 17.9. The van der Waals surface area contributed by atoms with E-state index in [1.165, 1.54) is 6.20 Å². The van der Waals surface area contributed by atoms with E-state index in [1.54, 1.807) is 12.1 Å². The summed E-state index contributed by atoms with van der Waals surface area (Å²) in [5, 5.41) is 15.2. The van der Waals surface area contributed by atoms with Crippen molar-refractivity contribution in [3.63, 3.8) is 0 Å². The highest BCUT2D eigenvalue weighted by molar-refractivity contribution is 7.66. The Hall–Kier alpha value is -4.96. The molecule has 20 nitrogen and oxygen atoms in total. The number of carbonyl (C=O) groups excluding carboxylic acids is 1. The van der Waals surface area contributed by atoms with E-state index in [1.807, 2.05) is 49.4 Å². The highest BCUT2D eigenvalue weighted by atomic mass is 31.3. The molecule has 0 bridgehead atoms. The van der Waals surface area contributed by atoms with Crippen LogP contribution in [0.25, 0.3) is 12.2 Å². The van der Waals surface area contributed by atoms with E-state index in [-0.39, 0.29) is 23.7 Å². The molecule has 23 heteroatoms. The molecule has 6 rings (SSSR count). The summed E-state index contributed by atoms with van der Waals surface area (Å²) >= 11 is 0. The lowest BCUT2D eigenvalue weighted by atomic mass is 9.89. The van der Waals surface area contributed by atoms with Crippen LogP contribution in [0.2, 0.25) is 0 Å². The molecule has 1 fully saturated rings. The van der Waals surface area contributed by atoms with Crippen molar-refractivity contribution in [1.82, 2.24) is 14.9 Å². The Morgan fingerprint density at radius 1 is 1.00 bits per heavy atom. The number of nitrogens with zero attached hydrogens (tertiary/aromatic N) is 2. The summed E-state index contributed by atoms with van der Waals surface area (Å²) in [4.78, 5) is 65.8. The Balaban J connectivity index is 1.01. The summed E-state index contributed by atoms with van der Waals surface area (Å²) in [5.41, 5.74) is 15.9. The molecular weight excluding hydrogens is 847 g/mol. The van der Waals surface area contributed by atoms with E-state index in [0.717, 1.165) is 37.3 Å². The largest absolute Gasteiger partial charge is 0.490 e. The third kappa shape index (κ3) is 11.0. The zero-order valence-electron chi connectivity index (χ0n) is 31.7. The Labute approximate surface area is 341 Å². The molecular formula is C37H40N5O15P3. The van der Waals surface area contributed by atoms with Crippen molar-refractivity contribution >= 4 is 53.0 Å². The quantitative estimate of drug-likeness (QED) is 0.0344. The number of nitrogens with two attached hydrogens (primary N) is 2. The zero-order valence-corrected chi connectivity index (χ0v) is 34.3. The van der Waals surface area contributed by atoms with Crippen molar-refractivity contribution in [3.05, 3.63) is 110 Å². The number of unbranched alkanes of at least 4 members (excludes halogenated alkanes) is 2. The number of phosphoric ester groups is 1. The van der Waals surface area contributed by atoms with Crippen LogP contribution in [-0.4, -0.2) is 65.5 Å². The van der Waals surface area contributed by atoms with Crippen molar-refractivity contribution in [2.75, 3.05) is 24.6 Å². The van der Waals surface area contributed by atoms with Gasteiger partial charge in [-0.3, -0.25) is 13.9 Å². The summed E-state index contributed by atoms with van der Waals surface area (Å²) in [6.45, 7) is 5.51. The number of rotatable bonds is 14. The molecule has 2 aliphatic rings. The molecule has 3 heterocycles. The van der Waals surface area contributed by atoms with Crippen LogP contribution in [-0.2, 0) is 31.6 Å². The van der Waals surface area contributed by atoms with Gasteiger partial charge in [-0.25, -0.2) is 18.5 Å². The van der Waals surface area contributed by atoms with Gasteiger partial charge in [0.1, 0.15) is 23.4 Å². The topological polar surface area (TPSA) is 315 Å². The van der Waals surface area contributed by atoms with Crippen molar-refractivity contribution in [2.24, 2.45) is 0 Å². The predicted octanol–water partition coefficient (Wildman–Crippen LogP) is 2.42. The number of phosphoric acid groups is 3. The first-order valence-electron chi connectivity index (χ1n) is 18.0. The number of ether oxygens (including phenoxy) is 2. The molecule has 2 aliphatic heterocycles. The number of aliphatic hydroxyl groups is 1. The number of amides is 1. The number of fused-ring (bicyclic) bond motifs is 2. The zero-order chi connectivity index (χ0) is 43.6. The Morgan fingerprint density at radius 2 is 1.75 bits per heavy atom. The molecule has 1 aromatic heterocycles. The lowest BCUT2D eigenvalue weighted by Gasteiger charge is -2.22. The van der Waals surface area contributed by atoms with Gasteiger partial charge in [-0.2, -0.15) is 13.6 Å². The van der Waals surface area contributed by atoms with Crippen LogP contribution in [0.5, 0.6) is 11.5 Å². The second-order valence-electron chi connectivity index (χ2n) is 13.7. The molecule has 5 atom stereocenters. The highest BCUT2D eigenvalue weighted by Crippen LogP contribution is 2.66. The van der Waals surface area contributed by atoms with Crippen LogP contribution in [0, 0.1) is 18.8 Å². The van der Waals surface area contributed by atoms with Gasteiger partial charge in [0.2, 0.25) is 0 Å². The Kier molecular flexibility index (Phi) is 13.3. The van der Waals surface area contributed by atoms with E-state index < -0.39 is 54.2 Å². The van der Waals surface area contributed by atoms with Crippen LogP contribution in [0.15, 0.2) is 65.6 Å². The number of anilines is 2. The molecule has 0 radical (unpaired) electrons. The molecule has 318 valence electrons. The van der Waals surface area contributed by atoms with Crippen molar-refractivity contribution < 1.29 is 65.8 Å². The van der Waals surface area contributed by atoms with E-state index in [2.05, 4.69) is 41.9 Å². The number of aryl methyl sites for hydroxylation is 1. The second-order valence-corrected chi connectivity index (χ2v) is 18.1. The third-order valence-corrected chi connectivity index (χ3v) is 12.9. The third-order valence-electron chi connectivity index (χ3n) is 9.07. The number of benzene rings is 3. The summed E-state index contributed by atoms with van der Waals surface area (Å²) in [7, 11) is -16.8. The van der Waals surface area contributed by atoms with Gasteiger partial charge in [-0.1, -0.05) is 36.6 Å². The lowest BCUT2D eigenvalue weighted by molar-refractivity contribution is -0.0523. The summed E-state index contributed by atoms with van der Waals surface area (Å²) in [5.74, 6) is 6.64. The highest BCUT2D eigenvalue weighted by Gasteiger charge is 2.43. The maximum Gasteiger partial charge on any atom is 0.490 e. The van der Waals surface area contributed by atoms with Crippen molar-refractivity contribution in [1.29, 1.82) is 0 Å². The van der Waals surface area contributed by atoms with Gasteiger partial charge >= 0.3 is 29.2 Å². The molecule has 0 aliphatic carbocycles. The van der Waals surface area contributed by atoms with Crippen LogP contribution < -0.4 is 37.6 Å². The molecule has 1 saturated heterocycles. The summed E-state index contributed by atoms with van der Waals surface area (Å²) in [6.07, 6.45) is -1.38. The van der Waals surface area contributed by atoms with Gasteiger partial charge in [0.05, 0.1) is 18.3 Å². The van der Waals surface area contributed by atoms with E-state index in [9.17, 15) is 38.2 Å². The van der Waals surface area contributed by atoms with Crippen LogP contribution in [0.4, 0.5) is 11.5 Å². The molecule has 0 saturated carbocycles. The number of hydrogen-bond acceptors (Lipinski definition) is 14. The Morgan fingerprint density at radius 3 is 2.48 bits per heavy atom. The molecule has 60 heavy (non-hydrogen) atoms. The minimum atomic E-state index is -5.74. The molecule has 3 aromatic carbocycles. The van der Waals surface area contributed by atoms with Crippen molar-refractivity contribution in [2.45, 2.75) is 51.0 Å². The molecule has 0 spiro atoms. The van der Waals surface area contributed by atoms with E-state index in [0.29, 0.717) is 48.6 Å². The van der Waals surface area contributed by atoms with Gasteiger partial charge in [0.15, 0.2) is 6.23 Å².